The molecule has 0 unspecified atom stereocenters. The van der Waals surface area contributed by atoms with Crippen LogP contribution in [0.15, 0.2) is 47.6 Å². The number of guanidine groups is 1. The molecule has 0 amide bonds. The molecule has 2 aromatic rings. The highest BCUT2D eigenvalue weighted by Gasteiger charge is 2.18. The van der Waals surface area contributed by atoms with Crippen LogP contribution in [0.5, 0.6) is 0 Å². The summed E-state index contributed by atoms with van der Waals surface area (Å²) in [5.74, 6) is 1.63. The molecule has 1 aliphatic heterocycles. The second kappa shape index (κ2) is 10.6. The van der Waals surface area contributed by atoms with Gasteiger partial charge in [0.15, 0.2) is 5.96 Å². The molecule has 156 valence electrons. The van der Waals surface area contributed by atoms with Crippen LogP contribution < -0.4 is 20.4 Å². The van der Waals surface area contributed by atoms with Crippen molar-refractivity contribution in [2.24, 2.45) is 4.99 Å². The van der Waals surface area contributed by atoms with Crippen LogP contribution in [0.1, 0.15) is 25.3 Å². The normalized spacial score (nSPS) is 14.8. The molecule has 0 bridgehead atoms. The average Bonchev–Trinajstić information content (AvgIpc) is 2.77. The Morgan fingerprint density at radius 3 is 2.48 bits per heavy atom. The first-order chi connectivity index (χ1) is 14.2. The zero-order valence-corrected chi connectivity index (χ0v) is 17.4. The van der Waals surface area contributed by atoms with Crippen LogP contribution in [0.2, 0.25) is 0 Å². The highest BCUT2D eigenvalue weighted by Crippen LogP contribution is 2.20. The molecule has 1 aliphatic rings. The summed E-state index contributed by atoms with van der Waals surface area (Å²) in [7, 11) is 1.79. The number of nitrogens with zero attached hydrogens (tertiary/aromatic N) is 4. The van der Waals surface area contributed by atoms with Crippen molar-refractivity contribution >= 4 is 17.5 Å². The summed E-state index contributed by atoms with van der Waals surface area (Å²) >= 11 is 0. The minimum absolute atomic E-state index is 0.196. The molecule has 29 heavy (non-hydrogen) atoms. The molecule has 2 heterocycles. The predicted molar refractivity (Wildman–Crippen MR) is 118 cm³/mol. The standard InChI is InChI=1S/C22H31FN6/c1-3-4-10-26-22(24-2)27-17-18-9-11-25-21(16-18)29-14-12-28(13-15-29)20-7-5-19(23)6-8-20/h5-9,11,16H,3-4,10,12-15,17H2,1-2H3,(H2,24,26,27). The number of hydrogen-bond donors (Lipinski definition) is 2. The van der Waals surface area contributed by atoms with Gasteiger partial charge in [-0.15, -0.1) is 0 Å². The maximum atomic E-state index is 13.1. The van der Waals surface area contributed by atoms with E-state index in [4.69, 9.17) is 0 Å². The highest BCUT2D eigenvalue weighted by atomic mass is 19.1. The molecule has 0 atom stereocenters. The molecule has 1 fully saturated rings. The summed E-state index contributed by atoms with van der Waals surface area (Å²) in [5.41, 5.74) is 2.24. The third-order valence-electron chi connectivity index (χ3n) is 5.11. The van der Waals surface area contributed by atoms with Crippen LogP contribution in [0, 0.1) is 5.82 Å². The van der Waals surface area contributed by atoms with Crippen LogP contribution in [-0.2, 0) is 6.54 Å². The van der Waals surface area contributed by atoms with Crippen molar-refractivity contribution in [3.63, 3.8) is 0 Å². The molecule has 2 N–H and O–H groups in total. The Hall–Kier alpha value is -2.83. The second-order valence-electron chi connectivity index (χ2n) is 7.18. The van der Waals surface area contributed by atoms with Gasteiger partial charge in [-0.3, -0.25) is 4.99 Å². The number of anilines is 2. The first-order valence-corrected chi connectivity index (χ1v) is 10.3. The van der Waals surface area contributed by atoms with Crippen molar-refractivity contribution in [1.29, 1.82) is 0 Å². The second-order valence-corrected chi connectivity index (χ2v) is 7.18. The molecular formula is C22H31FN6. The number of aromatic nitrogens is 1. The molecule has 0 aliphatic carbocycles. The number of nitrogens with one attached hydrogen (secondary N) is 2. The lowest BCUT2D eigenvalue weighted by Crippen LogP contribution is -2.46. The van der Waals surface area contributed by atoms with Crippen molar-refractivity contribution in [3.05, 3.63) is 54.0 Å². The molecule has 7 heteroatoms. The zero-order valence-electron chi connectivity index (χ0n) is 17.4. The minimum atomic E-state index is -0.196. The molecule has 1 aromatic heterocycles. The van der Waals surface area contributed by atoms with E-state index in [0.29, 0.717) is 6.54 Å². The smallest absolute Gasteiger partial charge is 0.191 e. The van der Waals surface area contributed by atoms with Crippen molar-refractivity contribution in [3.8, 4) is 0 Å². The first-order valence-electron chi connectivity index (χ1n) is 10.3. The number of piperazine rings is 1. The van der Waals surface area contributed by atoms with Crippen molar-refractivity contribution in [1.82, 2.24) is 15.6 Å². The predicted octanol–water partition coefficient (Wildman–Crippen LogP) is 3.01. The highest BCUT2D eigenvalue weighted by molar-refractivity contribution is 5.79. The van der Waals surface area contributed by atoms with Gasteiger partial charge >= 0.3 is 0 Å². The third-order valence-corrected chi connectivity index (χ3v) is 5.11. The molecule has 1 aromatic carbocycles. The summed E-state index contributed by atoms with van der Waals surface area (Å²) in [6, 6.07) is 10.9. The minimum Gasteiger partial charge on any atom is -0.368 e. The van der Waals surface area contributed by atoms with Gasteiger partial charge in [0.1, 0.15) is 11.6 Å². The number of aliphatic imine (C=N–C) groups is 1. The van der Waals surface area contributed by atoms with Crippen LogP contribution in [-0.4, -0.2) is 50.7 Å². The number of halogens is 1. The average molecular weight is 399 g/mol. The van der Waals surface area contributed by atoms with Crippen LogP contribution in [0.25, 0.3) is 0 Å². The maximum Gasteiger partial charge on any atom is 0.191 e. The number of rotatable bonds is 7. The van der Waals surface area contributed by atoms with E-state index in [1.165, 1.54) is 17.7 Å². The summed E-state index contributed by atoms with van der Waals surface area (Å²) in [6.45, 7) is 7.37. The van der Waals surface area contributed by atoms with E-state index < -0.39 is 0 Å². The lowest BCUT2D eigenvalue weighted by Gasteiger charge is -2.36. The Balaban J connectivity index is 1.52. The Morgan fingerprint density at radius 2 is 1.79 bits per heavy atom. The van der Waals surface area contributed by atoms with E-state index in [1.807, 2.05) is 24.4 Å². The van der Waals surface area contributed by atoms with Gasteiger partial charge in [-0.1, -0.05) is 13.3 Å². The number of pyridine rings is 1. The Morgan fingerprint density at radius 1 is 1.07 bits per heavy atom. The fourth-order valence-electron chi connectivity index (χ4n) is 3.38. The summed E-state index contributed by atoms with van der Waals surface area (Å²) in [5, 5.41) is 6.69. The largest absolute Gasteiger partial charge is 0.368 e. The van der Waals surface area contributed by atoms with Crippen molar-refractivity contribution in [2.75, 3.05) is 49.6 Å². The fraction of sp³-hybridized carbons (Fsp3) is 0.455. The first kappa shape index (κ1) is 20.9. The molecular weight excluding hydrogens is 367 g/mol. The van der Waals surface area contributed by atoms with Crippen molar-refractivity contribution < 1.29 is 4.39 Å². The van der Waals surface area contributed by atoms with Gasteiger partial charge in [0.05, 0.1) is 0 Å². The van der Waals surface area contributed by atoms with E-state index in [9.17, 15) is 4.39 Å². The Bertz CT molecular complexity index is 784. The number of unbranched alkanes of at least 4 members (excludes halogenated alkanes) is 1. The van der Waals surface area contributed by atoms with Crippen molar-refractivity contribution in [2.45, 2.75) is 26.3 Å². The van der Waals surface area contributed by atoms with E-state index in [2.05, 4.69) is 43.4 Å². The topological polar surface area (TPSA) is 55.8 Å². The van der Waals surface area contributed by atoms with Crippen LogP contribution in [0.3, 0.4) is 0 Å². The van der Waals surface area contributed by atoms with Gasteiger partial charge in [-0.2, -0.15) is 0 Å². The molecule has 3 rings (SSSR count). The van der Waals surface area contributed by atoms with Gasteiger partial charge in [0.25, 0.3) is 0 Å². The fourth-order valence-corrected chi connectivity index (χ4v) is 3.38. The van der Waals surface area contributed by atoms with Gasteiger partial charge in [0.2, 0.25) is 0 Å². The van der Waals surface area contributed by atoms with Gasteiger partial charge in [-0.05, 0) is 48.4 Å². The lowest BCUT2D eigenvalue weighted by molar-refractivity contribution is 0.624. The molecule has 6 nitrogen and oxygen atoms in total. The van der Waals surface area contributed by atoms with Gasteiger partial charge in [0, 0.05) is 58.2 Å². The number of hydrogen-bond acceptors (Lipinski definition) is 4. The summed E-state index contributed by atoms with van der Waals surface area (Å²) in [4.78, 5) is 13.4. The maximum absolute atomic E-state index is 13.1. The molecule has 0 radical (unpaired) electrons. The van der Waals surface area contributed by atoms with E-state index in [1.54, 1.807) is 7.05 Å². The van der Waals surface area contributed by atoms with Gasteiger partial charge in [-0.25, -0.2) is 9.37 Å². The zero-order chi connectivity index (χ0) is 20.5. The van der Waals surface area contributed by atoms with Crippen LogP contribution >= 0.6 is 0 Å². The lowest BCUT2D eigenvalue weighted by atomic mass is 10.2. The monoisotopic (exact) mass is 398 g/mol. The van der Waals surface area contributed by atoms with Gasteiger partial charge < -0.3 is 20.4 Å². The van der Waals surface area contributed by atoms with E-state index >= 15 is 0 Å². The third kappa shape index (κ3) is 6.07. The summed E-state index contributed by atoms with van der Waals surface area (Å²) in [6.07, 6.45) is 4.15. The summed E-state index contributed by atoms with van der Waals surface area (Å²) < 4.78 is 13.1. The molecule has 1 saturated heterocycles. The quantitative estimate of drug-likeness (QED) is 0.427. The van der Waals surface area contributed by atoms with Crippen LogP contribution in [0.4, 0.5) is 15.9 Å². The molecule has 0 spiro atoms. The number of benzene rings is 1. The Labute approximate surface area is 172 Å². The Kier molecular flexibility index (Phi) is 7.67. The van der Waals surface area contributed by atoms with E-state index in [-0.39, 0.29) is 5.82 Å². The van der Waals surface area contributed by atoms with E-state index in [0.717, 1.165) is 63.0 Å². The molecule has 0 saturated carbocycles. The SMILES string of the molecule is CCCCNC(=NC)NCc1ccnc(N2CCN(c3ccc(F)cc3)CC2)c1.